The Hall–Kier alpha value is -3.55. The van der Waals surface area contributed by atoms with Crippen LogP contribution in [0.4, 0.5) is 10.2 Å². The average Bonchev–Trinajstić information content (AvgIpc) is 3.31. The van der Waals surface area contributed by atoms with E-state index >= 15 is 0 Å². The van der Waals surface area contributed by atoms with Crippen molar-refractivity contribution in [2.45, 2.75) is 45.7 Å². The second-order valence-electron chi connectivity index (χ2n) is 9.29. The topological polar surface area (TPSA) is 66.6 Å². The molecule has 170 valence electrons. The van der Waals surface area contributed by atoms with Gasteiger partial charge < -0.3 is 0 Å². The van der Waals surface area contributed by atoms with E-state index in [4.69, 9.17) is 10.1 Å². The number of fused-ring (bicyclic) bond motifs is 3. The lowest BCUT2D eigenvalue weighted by molar-refractivity contribution is 0.0864. The van der Waals surface area contributed by atoms with E-state index in [1.54, 1.807) is 18.0 Å². The minimum atomic E-state index is -0.351. The van der Waals surface area contributed by atoms with Gasteiger partial charge in [-0.25, -0.2) is 9.38 Å². The number of rotatable bonds is 5. The van der Waals surface area contributed by atoms with E-state index in [1.807, 2.05) is 28.9 Å². The first kappa shape index (κ1) is 21.3. The lowest BCUT2D eigenvalue weighted by atomic mass is 10.1. The second kappa shape index (κ2) is 7.79. The van der Waals surface area contributed by atoms with Gasteiger partial charge in [0.25, 0.3) is 5.91 Å². The summed E-state index contributed by atoms with van der Waals surface area (Å²) in [6.45, 7) is 7.49. The minimum Gasteiger partial charge on any atom is -0.292 e. The highest BCUT2D eigenvalue weighted by Gasteiger charge is 2.44. The van der Waals surface area contributed by atoms with E-state index in [9.17, 15) is 9.18 Å². The Labute approximate surface area is 192 Å². The second-order valence-corrected chi connectivity index (χ2v) is 9.29. The fourth-order valence-electron chi connectivity index (χ4n) is 4.52. The van der Waals surface area contributed by atoms with Crippen molar-refractivity contribution in [3.05, 3.63) is 65.2 Å². The van der Waals surface area contributed by atoms with Crippen molar-refractivity contribution in [1.29, 1.82) is 0 Å². The van der Waals surface area contributed by atoms with E-state index in [2.05, 4.69) is 30.7 Å². The van der Waals surface area contributed by atoms with Gasteiger partial charge in [0.05, 0.1) is 36.2 Å². The van der Waals surface area contributed by atoms with Crippen LogP contribution in [-0.4, -0.2) is 50.7 Å². The molecule has 2 aliphatic rings. The summed E-state index contributed by atoms with van der Waals surface area (Å²) in [6.07, 6.45) is 2.90. The molecular weight excluding hydrogens is 419 g/mol. The van der Waals surface area contributed by atoms with Crippen LogP contribution in [0.5, 0.6) is 0 Å². The average molecular weight is 447 g/mol. The molecule has 1 amide bonds. The number of nitrogens with zero attached hydrogens (tertiary/aromatic N) is 6. The molecule has 0 unspecified atom stereocenters. The van der Waals surface area contributed by atoms with Gasteiger partial charge in [0, 0.05) is 12.6 Å². The minimum absolute atomic E-state index is 0.0508. The number of amides is 1. The van der Waals surface area contributed by atoms with Gasteiger partial charge in [0.2, 0.25) is 5.96 Å². The molecule has 0 fully saturated rings. The number of aromatic nitrogens is 3. The van der Waals surface area contributed by atoms with Crippen LogP contribution in [0.15, 0.2) is 47.6 Å². The highest BCUT2D eigenvalue weighted by atomic mass is 19.1. The van der Waals surface area contributed by atoms with Gasteiger partial charge in [-0.05, 0) is 38.0 Å². The molecule has 4 heterocycles. The number of guanidine groups is 1. The number of carbonyl (C=O) groups is 1. The van der Waals surface area contributed by atoms with E-state index in [1.165, 1.54) is 12.3 Å². The molecule has 1 aromatic carbocycles. The summed E-state index contributed by atoms with van der Waals surface area (Å²) in [6, 6.07) is 11.1. The molecule has 0 bridgehead atoms. The third-order valence-corrected chi connectivity index (χ3v) is 6.10. The zero-order valence-electron chi connectivity index (χ0n) is 19.3. The molecule has 0 spiro atoms. The lowest BCUT2D eigenvalue weighted by Gasteiger charge is -2.30. The molecule has 0 radical (unpaired) electrons. The van der Waals surface area contributed by atoms with Crippen LogP contribution in [-0.2, 0) is 13.0 Å². The summed E-state index contributed by atoms with van der Waals surface area (Å²) in [5.41, 5.74) is 4.07. The highest BCUT2D eigenvalue weighted by Crippen LogP contribution is 2.36. The predicted octanol–water partition coefficient (Wildman–Crippen LogP) is 4.13. The van der Waals surface area contributed by atoms with Crippen molar-refractivity contribution < 1.29 is 9.18 Å². The standard InChI is InChI=1S/C25H27FN6O/c1-5-6-20-21-22(31-15-25(2,3)28-24(31)30(4)23(21)33)29-32(20)14-16-7-9-17(10-8-16)19-12-11-18(26)13-27-19/h7-13H,5-6,14-15H2,1-4H3. The van der Waals surface area contributed by atoms with Crippen molar-refractivity contribution in [3.8, 4) is 11.3 Å². The zero-order chi connectivity index (χ0) is 23.3. The van der Waals surface area contributed by atoms with Gasteiger partial charge in [0.15, 0.2) is 5.82 Å². The first-order valence-electron chi connectivity index (χ1n) is 11.2. The molecule has 8 heteroatoms. The summed E-state index contributed by atoms with van der Waals surface area (Å²) >= 11 is 0. The summed E-state index contributed by atoms with van der Waals surface area (Å²) in [5, 5.41) is 4.91. The molecule has 0 N–H and O–H groups in total. The van der Waals surface area contributed by atoms with Crippen molar-refractivity contribution in [1.82, 2.24) is 19.7 Å². The fourth-order valence-corrected chi connectivity index (χ4v) is 4.52. The van der Waals surface area contributed by atoms with Crippen LogP contribution in [0, 0.1) is 5.82 Å². The summed E-state index contributed by atoms with van der Waals surface area (Å²) < 4.78 is 15.1. The van der Waals surface area contributed by atoms with Crippen LogP contribution < -0.4 is 4.90 Å². The Morgan fingerprint density at radius 2 is 1.88 bits per heavy atom. The summed E-state index contributed by atoms with van der Waals surface area (Å²) in [5.74, 6) is 0.973. The molecule has 33 heavy (non-hydrogen) atoms. The van der Waals surface area contributed by atoms with Crippen LogP contribution >= 0.6 is 0 Å². The van der Waals surface area contributed by atoms with Crippen molar-refractivity contribution in [2.24, 2.45) is 4.99 Å². The fraction of sp³-hybridized carbons (Fsp3) is 0.360. The number of anilines is 1. The monoisotopic (exact) mass is 446 g/mol. The van der Waals surface area contributed by atoms with Gasteiger partial charge in [0.1, 0.15) is 11.4 Å². The number of pyridine rings is 1. The largest absolute Gasteiger partial charge is 0.292 e. The molecule has 2 aliphatic heterocycles. The molecule has 0 saturated heterocycles. The summed E-state index contributed by atoms with van der Waals surface area (Å²) in [4.78, 5) is 25.9. The van der Waals surface area contributed by atoms with Gasteiger partial charge in [-0.1, -0.05) is 37.6 Å². The lowest BCUT2D eigenvalue weighted by Crippen LogP contribution is -2.48. The van der Waals surface area contributed by atoms with E-state index < -0.39 is 0 Å². The number of hydrogen-bond acceptors (Lipinski definition) is 5. The van der Waals surface area contributed by atoms with Gasteiger partial charge in [-0.15, -0.1) is 0 Å². The molecular formula is C25H27FN6O. The third kappa shape index (κ3) is 3.69. The van der Waals surface area contributed by atoms with Crippen molar-refractivity contribution in [2.75, 3.05) is 18.5 Å². The van der Waals surface area contributed by atoms with Gasteiger partial charge >= 0.3 is 0 Å². The number of aliphatic imine (C=N–C) groups is 1. The maximum Gasteiger partial charge on any atom is 0.266 e. The predicted molar refractivity (Wildman–Crippen MR) is 126 cm³/mol. The first-order valence-corrected chi connectivity index (χ1v) is 11.2. The molecule has 0 aliphatic carbocycles. The quantitative estimate of drug-likeness (QED) is 0.591. The molecule has 2 aromatic heterocycles. The Morgan fingerprint density at radius 1 is 1.12 bits per heavy atom. The van der Waals surface area contributed by atoms with Crippen LogP contribution in [0.3, 0.4) is 0 Å². The molecule has 0 saturated carbocycles. The van der Waals surface area contributed by atoms with Crippen LogP contribution in [0.1, 0.15) is 48.8 Å². The van der Waals surface area contributed by atoms with E-state index in [-0.39, 0.29) is 17.3 Å². The Morgan fingerprint density at radius 3 is 2.55 bits per heavy atom. The Bertz CT molecular complexity index is 1240. The van der Waals surface area contributed by atoms with Crippen molar-refractivity contribution in [3.63, 3.8) is 0 Å². The normalized spacial score (nSPS) is 16.6. The van der Waals surface area contributed by atoms with E-state index in [0.717, 1.165) is 35.4 Å². The maximum absolute atomic E-state index is 13.3. The van der Waals surface area contributed by atoms with Crippen LogP contribution in [0.25, 0.3) is 11.3 Å². The van der Waals surface area contributed by atoms with Crippen molar-refractivity contribution >= 4 is 17.7 Å². The summed E-state index contributed by atoms with van der Waals surface area (Å²) in [7, 11) is 1.79. The smallest absolute Gasteiger partial charge is 0.266 e. The Kier molecular flexibility index (Phi) is 5.03. The molecule has 3 aromatic rings. The SMILES string of the molecule is CCCc1c2c(nn1Cc1ccc(-c3ccc(F)cn3)cc1)N1CC(C)(C)N=C1N(C)C2=O. The number of hydrogen-bond donors (Lipinski definition) is 0. The maximum atomic E-state index is 13.3. The zero-order valence-corrected chi connectivity index (χ0v) is 19.3. The molecule has 0 atom stereocenters. The Balaban J connectivity index is 1.49. The highest BCUT2D eigenvalue weighted by molar-refractivity contribution is 6.19. The molecule has 7 nitrogen and oxygen atoms in total. The third-order valence-electron chi connectivity index (χ3n) is 6.10. The number of carbonyl (C=O) groups excluding carboxylic acids is 1. The molecule has 5 rings (SSSR count). The number of benzene rings is 1. The number of halogens is 1. The van der Waals surface area contributed by atoms with Gasteiger partial charge in [-0.3, -0.25) is 24.3 Å². The first-order chi connectivity index (χ1) is 15.8. The van der Waals surface area contributed by atoms with E-state index in [0.29, 0.717) is 30.4 Å². The van der Waals surface area contributed by atoms with Gasteiger partial charge in [-0.2, -0.15) is 5.10 Å². The van der Waals surface area contributed by atoms with Crippen LogP contribution in [0.2, 0.25) is 0 Å².